The highest BCUT2D eigenvalue weighted by molar-refractivity contribution is 7.84. The molecule has 0 aliphatic heterocycles. The van der Waals surface area contributed by atoms with Crippen LogP contribution < -0.4 is 0 Å². The summed E-state index contributed by atoms with van der Waals surface area (Å²) in [5.74, 6) is 0.908. The fourth-order valence-electron chi connectivity index (χ4n) is 3.44. The molecule has 0 spiro atoms. The van der Waals surface area contributed by atoms with Crippen LogP contribution in [0, 0.1) is 10.8 Å². The van der Waals surface area contributed by atoms with Crippen LogP contribution in [-0.2, 0) is 15.6 Å². The number of hydrogen-bond donors (Lipinski definition) is 2. The van der Waals surface area contributed by atoms with Crippen molar-refractivity contribution >= 4 is 16.8 Å². The van der Waals surface area contributed by atoms with Crippen molar-refractivity contribution in [3.63, 3.8) is 0 Å². The van der Waals surface area contributed by atoms with Gasteiger partial charge in [-0.1, -0.05) is 53.4 Å². The highest BCUT2D eigenvalue weighted by Crippen LogP contribution is 2.30. The molecule has 27 heavy (non-hydrogen) atoms. The van der Waals surface area contributed by atoms with E-state index in [1.54, 1.807) is 0 Å². The highest BCUT2D eigenvalue weighted by atomic mass is 32.2. The summed E-state index contributed by atoms with van der Waals surface area (Å²) in [7, 11) is -0.694. The molecule has 0 bridgehead atoms. The monoisotopic (exact) mass is 404 g/mol. The number of carbonyl (C=O) groups is 1. The molecule has 0 aromatic rings. The number of hydrogen-bond acceptors (Lipinski definition) is 3. The first-order valence-corrected chi connectivity index (χ1v) is 12.2. The largest absolute Gasteiger partial charge is 0.481 e. The molecule has 0 saturated carbocycles. The molecule has 0 heterocycles. The van der Waals surface area contributed by atoms with Gasteiger partial charge in [0.2, 0.25) is 0 Å². The van der Waals surface area contributed by atoms with Crippen molar-refractivity contribution in [3.05, 3.63) is 0 Å². The third-order valence-electron chi connectivity index (χ3n) is 5.48. The summed E-state index contributed by atoms with van der Waals surface area (Å²) in [5.41, 5.74) is 0.391. The lowest BCUT2D eigenvalue weighted by molar-refractivity contribution is -0.137. The van der Waals surface area contributed by atoms with Crippen LogP contribution >= 0.6 is 0 Å². The predicted octanol–water partition coefficient (Wildman–Crippen LogP) is 5.55. The summed E-state index contributed by atoms with van der Waals surface area (Å²) >= 11 is 0. The van der Waals surface area contributed by atoms with E-state index < -0.39 is 16.8 Å². The van der Waals surface area contributed by atoms with E-state index in [2.05, 4.69) is 27.7 Å². The summed E-state index contributed by atoms with van der Waals surface area (Å²) in [6, 6.07) is 0. The molecular formula is C22H44O4S. The average Bonchev–Trinajstić information content (AvgIpc) is 2.57. The van der Waals surface area contributed by atoms with E-state index in [4.69, 9.17) is 10.2 Å². The second-order valence-electron chi connectivity index (χ2n) is 9.52. The SMILES string of the molecule is CC(C)(CCCO)CCCCCS(=O)CCCCCC(C)(C)CCC(=O)O. The molecule has 0 saturated heterocycles. The lowest BCUT2D eigenvalue weighted by Gasteiger charge is -2.24. The predicted molar refractivity (Wildman–Crippen MR) is 116 cm³/mol. The zero-order valence-electron chi connectivity index (χ0n) is 18.2. The smallest absolute Gasteiger partial charge is 0.303 e. The molecule has 1 atom stereocenters. The molecule has 0 amide bonds. The second kappa shape index (κ2) is 14.6. The lowest BCUT2D eigenvalue weighted by Crippen LogP contribution is -2.13. The first-order chi connectivity index (χ1) is 12.6. The number of aliphatic hydroxyl groups is 1. The summed E-state index contributed by atoms with van der Waals surface area (Å²) in [5, 5.41) is 17.7. The van der Waals surface area contributed by atoms with Crippen molar-refractivity contribution in [1.29, 1.82) is 0 Å². The molecule has 2 N–H and O–H groups in total. The average molecular weight is 405 g/mol. The number of carboxylic acids is 1. The maximum absolute atomic E-state index is 12.1. The Morgan fingerprint density at radius 3 is 1.63 bits per heavy atom. The maximum atomic E-state index is 12.1. The second-order valence-corrected chi connectivity index (χ2v) is 11.2. The molecule has 0 aliphatic carbocycles. The number of aliphatic carboxylic acids is 1. The van der Waals surface area contributed by atoms with Gasteiger partial charge in [0.05, 0.1) is 0 Å². The molecule has 0 fully saturated rings. The molecule has 0 rings (SSSR count). The van der Waals surface area contributed by atoms with Gasteiger partial charge in [-0.05, 0) is 55.8 Å². The van der Waals surface area contributed by atoms with Gasteiger partial charge in [-0.15, -0.1) is 0 Å². The van der Waals surface area contributed by atoms with Crippen molar-refractivity contribution in [2.45, 2.75) is 105 Å². The van der Waals surface area contributed by atoms with Crippen LogP contribution in [0.25, 0.3) is 0 Å². The van der Waals surface area contributed by atoms with Crippen LogP contribution in [-0.4, -0.2) is 38.5 Å². The number of rotatable bonds is 18. The van der Waals surface area contributed by atoms with Crippen LogP contribution in [0.3, 0.4) is 0 Å². The molecular weight excluding hydrogens is 360 g/mol. The maximum Gasteiger partial charge on any atom is 0.303 e. The van der Waals surface area contributed by atoms with Gasteiger partial charge in [0.1, 0.15) is 0 Å². The van der Waals surface area contributed by atoms with E-state index in [0.29, 0.717) is 5.41 Å². The molecule has 5 heteroatoms. The van der Waals surface area contributed by atoms with Crippen molar-refractivity contribution < 1.29 is 19.2 Å². The van der Waals surface area contributed by atoms with E-state index in [-0.39, 0.29) is 18.4 Å². The minimum absolute atomic E-state index is 0.0858. The van der Waals surface area contributed by atoms with Gasteiger partial charge < -0.3 is 10.2 Å². The molecule has 162 valence electrons. The Balaban J connectivity index is 3.63. The van der Waals surface area contributed by atoms with Crippen LogP contribution in [0.15, 0.2) is 0 Å². The van der Waals surface area contributed by atoms with E-state index in [1.807, 2.05) is 0 Å². The van der Waals surface area contributed by atoms with Crippen LogP contribution in [0.5, 0.6) is 0 Å². The Labute approximate surface area is 170 Å². The normalized spacial score (nSPS) is 13.7. The standard InChI is InChI=1S/C22H44O4S/c1-21(2,15-11-17-23)13-7-5-9-18-27(26)19-10-6-8-14-22(3,4)16-12-20(24)25/h23H,5-19H2,1-4H3,(H,24,25). The number of carboxylic acid groups (broad SMARTS) is 1. The highest BCUT2D eigenvalue weighted by Gasteiger charge is 2.18. The fourth-order valence-corrected chi connectivity index (χ4v) is 4.70. The van der Waals surface area contributed by atoms with Crippen molar-refractivity contribution in [2.24, 2.45) is 10.8 Å². The van der Waals surface area contributed by atoms with Crippen LogP contribution in [0.2, 0.25) is 0 Å². The quantitative estimate of drug-likeness (QED) is 0.294. The molecule has 0 aromatic carbocycles. The Kier molecular flexibility index (Phi) is 14.3. The molecule has 1 unspecified atom stereocenters. The van der Waals surface area contributed by atoms with Gasteiger partial charge in [-0.2, -0.15) is 0 Å². The van der Waals surface area contributed by atoms with Gasteiger partial charge in [-0.3, -0.25) is 9.00 Å². The third-order valence-corrected chi connectivity index (χ3v) is 6.97. The van der Waals surface area contributed by atoms with Crippen LogP contribution in [0.1, 0.15) is 105 Å². The van der Waals surface area contributed by atoms with Gasteiger partial charge in [0.15, 0.2) is 0 Å². The first-order valence-electron chi connectivity index (χ1n) is 10.8. The summed E-state index contributed by atoms with van der Waals surface area (Å²) in [6.45, 7) is 9.09. The van der Waals surface area contributed by atoms with Crippen molar-refractivity contribution in [3.8, 4) is 0 Å². The van der Waals surface area contributed by atoms with Crippen molar-refractivity contribution in [1.82, 2.24) is 0 Å². The fraction of sp³-hybridized carbons (Fsp3) is 0.955. The minimum atomic E-state index is -0.716. The van der Waals surface area contributed by atoms with Gasteiger partial charge in [0, 0.05) is 35.3 Å². The van der Waals surface area contributed by atoms with E-state index in [9.17, 15) is 9.00 Å². The summed E-state index contributed by atoms with van der Waals surface area (Å²) in [4.78, 5) is 10.7. The van der Waals surface area contributed by atoms with E-state index >= 15 is 0 Å². The molecule has 4 nitrogen and oxygen atoms in total. The van der Waals surface area contributed by atoms with E-state index in [1.165, 1.54) is 12.8 Å². The first kappa shape index (κ1) is 26.6. The molecule has 0 radical (unpaired) electrons. The van der Waals surface area contributed by atoms with Gasteiger partial charge >= 0.3 is 5.97 Å². The van der Waals surface area contributed by atoms with Gasteiger partial charge in [-0.25, -0.2) is 0 Å². The zero-order chi connectivity index (χ0) is 20.8. The Bertz CT molecular complexity index is 419. The molecule has 0 aromatic heterocycles. The molecule has 0 aliphatic rings. The van der Waals surface area contributed by atoms with Gasteiger partial charge in [0.25, 0.3) is 0 Å². The Morgan fingerprint density at radius 2 is 1.19 bits per heavy atom. The summed E-state index contributed by atoms with van der Waals surface area (Å²) in [6.07, 6.45) is 11.7. The summed E-state index contributed by atoms with van der Waals surface area (Å²) < 4.78 is 12.1. The van der Waals surface area contributed by atoms with E-state index in [0.717, 1.165) is 69.3 Å². The topological polar surface area (TPSA) is 74.6 Å². The van der Waals surface area contributed by atoms with Crippen LogP contribution in [0.4, 0.5) is 0 Å². The Morgan fingerprint density at radius 1 is 0.741 bits per heavy atom. The Hall–Kier alpha value is -0.420. The third kappa shape index (κ3) is 17.4. The van der Waals surface area contributed by atoms with Crippen molar-refractivity contribution in [2.75, 3.05) is 18.1 Å². The lowest BCUT2D eigenvalue weighted by atomic mass is 9.82. The number of unbranched alkanes of at least 4 members (excludes halogenated alkanes) is 4. The zero-order valence-corrected chi connectivity index (χ0v) is 19.0. The number of aliphatic hydroxyl groups excluding tert-OH is 1. The minimum Gasteiger partial charge on any atom is -0.481 e.